The summed E-state index contributed by atoms with van der Waals surface area (Å²) in [4.78, 5) is 17.2. The molecule has 5 rings (SSSR count). The molecule has 1 aliphatic carbocycles. The maximum atomic E-state index is 5.55. The highest BCUT2D eigenvalue weighted by Crippen LogP contribution is 2.41. The topological polar surface area (TPSA) is 41.5 Å². The Bertz CT molecular complexity index is 991. The van der Waals surface area contributed by atoms with Crippen molar-refractivity contribution in [3.05, 3.63) is 40.5 Å². The minimum Gasteiger partial charge on any atom is -0.495 e. The first-order valence-corrected chi connectivity index (χ1v) is 10.5. The van der Waals surface area contributed by atoms with Gasteiger partial charge in [-0.15, -0.1) is 11.3 Å². The smallest absolute Gasteiger partial charge is 0.142 e. The Morgan fingerprint density at radius 3 is 2.59 bits per heavy atom. The van der Waals surface area contributed by atoms with Gasteiger partial charge in [-0.2, -0.15) is 0 Å². The summed E-state index contributed by atoms with van der Waals surface area (Å²) in [6.07, 6.45) is 3.65. The lowest BCUT2D eigenvalue weighted by molar-refractivity contribution is 0.413. The van der Waals surface area contributed by atoms with Crippen molar-refractivity contribution >= 4 is 33.1 Å². The van der Waals surface area contributed by atoms with Crippen LogP contribution in [0.5, 0.6) is 5.75 Å². The van der Waals surface area contributed by atoms with Gasteiger partial charge < -0.3 is 14.5 Å². The van der Waals surface area contributed by atoms with E-state index < -0.39 is 0 Å². The molecule has 0 radical (unpaired) electrons. The van der Waals surface area contributed by atoms with Crippen molar-refractivity contribution in [2.75, 3.05) is 43.1 Å². The van der Waals surface area contributed by atoms with Crippen molar-refractivity contribution < 1.29 is 4.74 Å². The van der Waals surface area contributed by atoms with E-state index in [-0.39, 0.29) is 0 Å². The third-order valence-electron chi connectivity index (χ3n) is 5.66. The van der Waals surface area contributed by atoms with Gasteiger partial charge in [-0.25, -0.2) is 9.97 Å². The Balaban J connectivity index is 1.44. The van der Waals surface area contributed by atoms with Gasteiger partial charge in [0.25, 0.3) is 0 Å². The molecule has 1 fully saturated rings. The molecule has 6 heteroatoms. The van der Waals surface area contributed by atoms with E-state index in [2.05, 4.69) is 21.9 Å². The van der Waals surface area contributed by atoms with Crippen LogP contribution in [0.25, 0.3) is 10.2 Å². The lowest BCUT2D eigenvalue weighted by Gasteiger charge is -2.37. The van der Waals surface area contributed by atoms with E-state index in [9.17, 15) is 0 Å². The molecule has 2 aromatic heterocycles. The number of anilines is 2. The van der Waals surface area contributed by atoms with Crippen LogP contribution in [-0.2, 0) is 12.8 Å². The van der Waals surface area contributed by atoms with Crippen molar-refractivity contribution in [2.24, 2.45) is 0 Å². The zero-order chi connectivity index (χ0) is 18.4. The van der Waals surface area contributed by atoms with Crippen molar-refractivity contribution in [1.29, 1.82) is 0 Å². The summed E-state index contributed by atoms with van der Waals surface area (Å²) in [6, 6.07) is 8.29. The molecule has 0 atom stereocenters. The quantitative estimate of drug-likeness (QED) is 0.691. The van der Waals surface area contributed by atoms with Gasteiger partial charge in [0.1, 0.15) is 22.2 Å². The summed E-state index contributed by atoms with van der Waals surface area (Å²) < 4.78 is 5.55. The van der Waals surface area contributed by atoms with Crippen LogP contribution < -0.4 is 14.5 Å². The van der Waals surface area contributed by atoms with Crippen molar-refractivity contribution in [1.82, 2.24) is 9.97 Å². The molecular formula is C21H24N4OS. The van der Waals surface area contributed by atoms with Gasteiger partial charge in [0.05, 0.1) is 18.2 Å². The lowest BCUT2D eigenvalue weighted by atomic mass is 10.1. The number of benzene rings is 1. The molecule has 0 spiro atoms. The second-order valence-electron chi connectivity index (χ2n) is 7.28. The Labute approximate surface area is 163 Å². The van der Waals surface area contributed by atoms with E-state index in [1.165, 1.54) is 45.6 Å². The fourth-order valence-electron chi connectivity index (χ4n) is 4.36. The fraction of sp³-hybridized carbons (Fsp3) is 0.429. The highest BCUT2D eigenvalue weighted by molar-refractivity contribution is 7.19. The first kappa shape index (κ1) is 16.8. The minimum atomic E-state index is 0.879. The second kappa shape index (κ2) is 6.68. The molecule has 0 unspecified atom stereocenters. The molecule has 0 amide bonds. The van der Waals surface area contributed by atoms with E-state index >= 15 is 0 Å². The van der Waals surface area contributed by atoms with Crippen molar-refractivity contribution in [3.8, 4) is 5.75 Å². The number of hydrogen-bond acceptors (Lipinski definition) is 6. The number of rotatable bonds is 3. The molecule has 1 saturated heterocycles. The highest BCUT2D eigenvalue weighted by Gasteiger charge is 2.27. The Kier molecular flexibility index (Phi) is 4.16. The first-order chi connectivity index (χ1) is 13.2. The molecule has 5 nitrogen and oxygen atoms in total. The van der Waals surface area contributed by atoms with E-state index in [0.717, 1.165) is 43.6 Å². The van der Waals surface area contributed by atoms with E-state index in [0.29, 0.717) is 0 Å². The van der Waals surface area contributed by atoms with Crippen LogP contribution in [-0.4, -0.2) is 43.3 Å². The Morgan fingerprint density at radius 2 is 1.78 bits per heavy atom. The van der Waals surface area contributed by atoms with Gasteiger partial charge in [0.2, 0.25) is 0 Å². The van der Waals surface area contributed by atoms with Crippen LogP contribution in [0.1, 0.15) is 22.7 Å². The van der Waals surface area contributed by atoms with Gasteiger partial charge >= 0.3 is 0 Å². The SMILES string of the molecule is COc1ccccc1N1CCN(c2nc(C)nc3sc4c(c23)CCC4)CC1. The number of aromatic nitrogens is 2. The number of nitrogens with zero attached hydrogens (tertiary/aromatic N) is 4. The molecular weight excluding hydrogens is 356 g/mol. The molecule has 1 aromatic carbocycles. The number of thiophene rings is 1. The lowest BCUT2D eigenvalue weighted by Crippen LogP contribution is -2.47. The number of methoxy groups -OCH3 is 1. The summed E-state index contributed by atoms with van der Waals surface area (Å²) in [6.45, 7) is 5.88. The maximum absolute atomic E-state index is 5.55. The first-order valence-electron chi connectivity index (χ1n) is 9.66. The van der Waals surface area contributed by atoms with E-state index in [4.69, 9.17) is 14.7 Å². The molecule has 0 N–H and O–H groups in total. The summed E-state index contributed by atoms with van der Waals surface area (Å²) in [5, 5.41) is 1.32. The summed E-state index contributed by atoms with van der Waals surface area (Å²) in [7, 11) is 1.74. The molecule has 3 heterocycles. The average molecular weight is 381 g/mol. The predicted octanol–water partition coefficient (Wildman–Crippen LogP) is 3.82. The van der Waals surface area contributed by atoms with Gasteiger partial charge in [0, 0.05) is 31.1 Å². The third kappa shape index (κ3) is 2.83. The van der Waals surface area contributed by atoms with Crippen LogP contribution in [0, 0.1) is 6.92 Å². The highest BCUT2D eigenvalue weighted by atomic mass is 32.1. The number of hydrogen-bond donors (Lipinski definition) is 0. The normalized spacial score (nSPS) is 16.8. The van der Waals surface area contributed by atoms with Gasteiger partial charge in [-0.05, 0) is 43.9 Å². The number of piperazine rings is 1. The average Bonchev–Trinajstić information content (AvgIpc) is 3.28. The number of aryl methyl sites for hydroxylation is 3. The maximum Gasteiger partial charge on any atom is 0.142 e. The number of fused-ring (bicyclic) bond motifs is 3. The molecule has 2 aliphatic rings. The summed E-state index contributed by atoms with van der Waals surface area (Å²) in [5.74, 6) is 2.98. The van der Waals surface area contributed by atoms with Crippen LogP contribution in [0.3, 0.4) is 0 Å². The number of ether oxygens (including phenoxy) is 1. The third-order valence-corrected chi connectivity index (χ3v) is 6.85. The van der Waals surface area contributed by atoms with E-state index in [1.807, 2.05) is 30.4 Å². The standard InChI is InChI=1S/C21H24N4OS/c1-14-22-20(19-15-6-5-9-18(15)27-21(19)23-14)25-12-10-24(11-13-25)16-7-3-4-8-17(16)26-2/h3-4,7-8H,5-6,9-13H2,1-2H3. The summed E-state index contributed by atoms with van der Waals surface area (Å²) in [5.41, 5.74) is 2.69. The van der Waals surface area contributed by atoms with Crippen LogP contribution in [0.2, 0.25) is 0 Å². The molecule has 0 bridgehead atoms. The molecule has 1 aliphatic heterocycles. The van der Waals surface area contributed by atoms with Gasteiger partial charge in [-0.1, -0.05) is 12.1 Å². The zero-order valence-corrected chi connectivity index (χ0v) is 16.7. The molecule has 0 saturated carbocycles. The summed E-state index contributed by atoms with van der Waals surface area (Å²) >= 11 is 1.88. The Hall–Kier alpha value is -2.34. The zero-order valence-electron chi connectivity index (χ0n) is 15.9. The van der Waals surface area contributed by atoms with Crippen LogP contribution >= 0.6 is 11.3 Å². The van der Waals surface area contributed by atoms with Crippen molar-refractivity contribution in [3.63, 3.8) is 0 Å². The van der Waals surface area contributed by atoms with Crippen LogP contribution in [0.15, 0.2) is 24.3 Å². The monoisotopic (exact) mass is 380 g/mol. The molecule has 140 valence electrons. The van der Waals surface area contributed by atoms with E-state index in [1.54, 1.807) is 7.11 Å². The van der Waals surface area contributed by atoms with Gasteiger partial charge in [0.15, 0.2) is 0 Å². The predicted molar refractivity (Wildman–Crippen MR) is 112 cm³/mol. The van der Waals surface area contributed by atoms with Crippen molar-refractivity contribution in [2.45, 2.75) is 26.2 Å². The second-order valence-corrected chi connectivity index (χ2v) is 8.36. The number of para-hydroxylation sites is 2. The van der Waals surface area contributed by atoms with Gasteiger partial charge in [-0.3, -0.25) is 0 Å². The molecule has 3 aromatic rings. The minimum absolute atomic E-state index is 0.879. The largest absolute Gasteiger partial charge is 0.495 e. The fourth-order valence-corrected chi connectivity index (χ4v) is 5.66. The molecule has 27 heavy (non-hydrogen) atoms. The van der Waals surface area contributed by atoms with Crippen LogP contribution in [0.4, 0.5) is 11.5 Å². The Morgan fingerprint density at radius 1 is 1.00 bits per heavy atom.